The molecule has 0 atom stereocenters. The molecule has 4 nitrogen and oxygen atoms in total. The highest BCUT2D eigenvalue weighted by molar-refractivity contribution is 4.50. The molecule has 0 aliphatic rings. The molecule has 9 heavy (non-hydrogen) atoms. The van der Waals surface area contributed by atoms with Gasteiger partial charge in [0.05, 0.1) is 6.54 Å². The fourth-order valence-corrected chi connectivity index (χ4v) is 0.378. The van der Waals surface area contributed by atoms with Crippen molar-refractivity contribution in [3.63, 3.8) is 0 Å². The fraction of sp³-hybridized carbons (Fsp3) is 1.00. The first kappa shape index (κ1) is 8.84. The molecule has 0 heterocycles. The van der Waals surface area contributed by atoms with E-state index in [0.717, 1.165) is 5.06 Å². The maximum atomic E-state index is 8.81. The van der Waals surface area contributed by atoms with Crippen LogP contribution in [-0.4, -0.2) is 39.4 Å². The van der Waals surface area contributed by atoms with E-state index in [9.17, 15) is 0 Å². The molecule has 4 heteroatoms. The Kier molecular flexibility index (Phi) is 3.72. The van der Waals surface area contributed by atoms with E-state index in [0.29, 0.717) is 0 Å². The third-order valence-electron chi connectivity index (χ3n) is 0.946. The van der Waals surface area contributed by atoms with Crippen LogP contribution in [0.5, 0.6) is 0 Å². The van der Waals surface area contributed by atoms with E-state index in [1.807, 2.05) is 0 Å². The van der Waals surface area contributed by atoms with Crippen molar-refractivity contribution in [2.24, 2.45) is 0 Å². The number of aliphatic hydroxyl groups is 2. The number of hydrogen-bond donors (Lipinski definition) is 3. The maximum absolute atomic E-state index is 8.81. The number of hydrogen-bond acceptors (Lipinski definition) is 4. The van der Waals surface area contributed by atoms with Crippen molar-refractivity contribution in [2.75, 3.05) is 6.54 Å². The number of rotatable bonds is 3. The summed E-state index contributed by atoms with van der Waals surface area (Å²) in [6, 6.07) is -0.0770. The van der Waals surface area contributed by atoms with Gasteiger partial charge in [0.1, 0.15) is 0 Å². The summed E-state index contributed by atoms with van der Waals surface area (Å²) in [4.78, 5) is 0. The van der Waals surface area contributed by atoms with E-state index in [-0.39, 0.29) is 12.6 Å². The lowest BCUT2D eigenvalue weighted by Crippen LogP contribution is -2.34. The summed E-state index contributed by atoms with van der Waals surface area (Å²) in [7, 11) is 0. The monoisotopic (exact) mass is 135 g/mol. The molecule has 0 radical (unpaired) electrons. The highest BCUT2D eigenvalue weighted by atomic mass is 16.5. The van der Waals surface area contributed by atoms with Gasteiger partial charge in [-0.15, -0.1) is 0 Å². The van der Waals surface area contributed by atoms with Crippen molar-refractivity contribution in [1.82, 2.24) is 5.06 Å². The minimum atomic E-state index is -1.46. The van der Waals surface area contributed by atoms with Gasteiger partial charge in [0.25, 0.3) is 0 Å². The van der Waals surface area contributed by atoms with Crippen molar-refractivity contribution in [3.05, 3.63) is 0 Å². The van der Waals surface area contributed by atoms with Crippen LogP contribution < -0.4 is 0 Å². The molecule has 0 fully saturated rings. The van der Waals surface area contributed by atoms with Crippen LogP contribution in [0.3, 0.4) is 0 Å². The summed E-state index contributed by atoms with van der Waals surface area (Å²) in [6.45, 7) is 3.38. The Labute approximate surface area is 54.3 Å². The van der Waals surface area contributed by atoms with Crippen LogP contribution in [0, 0.1) is 0 Å². The van der Waals surface area contributed by atoms with Gasteiger partial charge in [0.15, 0.2) is 6.29 Å². The average molecular weight is 135 g/mol. The van der Waals surface area contributed by atoms with E-state index in [1.165, 1.54) is 0 Å². The smallest absolute Gasteiger partial charge is 0.166 e. The Hall–Kier alpha value is -0.160. The third-order valence-corrected chi connectivity index (χ3v) is 0.946. The topological polar surface area (TPSA) is 63.9 Å². The molecule has 0 aromatic carbocycles. The second kappa shape index (κ2) is 3.79. The SMILES string of the molecule is CC(C)N(O)CC(O)O. The lowest BCUT2D eigenvalue weighted by molar-refractivity contribution is -0.174. The molecule has 0 aromatic heterocycles. The number of hydroxylamine groups is 2. The molecule has 0 bridgehead atoms. The second-order valence-electron chi connectivity index (χ2n) is 2.20. The Morgan fingerprint density at radius 1 is 1.33 bits per heavy atom. The quantitative estimate of drug-likeness (QED) is 0.357. The average Bonchev–Trinajstić information content (AvgIpc) is 1.63. The van der Waals surface area contributed by atoms with Crippen molar-refractivity contribution in [2.45, 2.75) is 26.2 Å². The van der Waals surface area contributed by atoms with E-state index >= 15 is 0 Å². The highest BCUT2D eigenvalue weighted by Gasteiger charge is 2.08. The summed E-state index contributed by atoms with van der Waals surface area (Å²) >= 11 is 0. The van der Waals surface area contributed by atoms with E-state index < -0.39 is 6.29 Å². The molecule has 0 aromatic rings. The lowest BCUT2D eigenvalue weighted by atomic mass is 10.4. The molecule has 0 amide bonds. The fourth-order valence-electron chi connectivity index (χ4n) is 0.378. The maximum Gasteiger partial charge on any atom is 0.166 e. The highest BCUT2D eigenvalue weighted by Crippen LogP contribution is 1.92. The van der Waals surface area contributed by atoms with E-state index in [1.54, 1.807) is 13.8 Å². The molecular weight excluding hydrogens is 122 g/mol. The minimum absolute atomic E-state index is 0.0770. The van der Waals surface area contributed by atoms with Crippen molar-refractivity contribution in [1.29, 1.82) is 0 Å². The van der Waals surface area contributed by atoms with Gasteiger partial charge in [0.2, 0.25) is 0 Å². The van der Waals surface area contributed by atoms with Crippen LogP contribution in [0.25, 0.3) is 0 Å². The first-order valence-corrected chi connectivity index (χ1v) is 2.85. The molecule has 0 saturated carbocycles. The van der Waals surface area contributed by atoms with Gasteiger partial charge in [-0.1, -0.05) is 0 Å². The van der Waals surface area contributed by atoms with Crippen molar-refractivity contribution in [3.8, 4) is 0 Å². The Morgan fingerprint density at radius 3 is 1.89 bits per heavy atom. The molecule has 0 rings (SSSR count). The van der Waals surface area contributed by atoms with Crippen LogP contribution in [0.1, 0.15) is 13.8 Å². The van der Waals surface area contributed by atoms with Gasteiger partial charge in [-0.25, -0.2) is 0 Å². The number of aliphatic hydroxyl groups excluding tert-OH is 1. The molecule has 0 aliphatic heterocycles. The van der Waals surface area contributed by atoms with Gasteiger partial charge in [0, 0.05) is 6.04 Å². The molecular formula is C5H13NO3. The summed E-state index contributed by atoms with van der Waals surface area (Å²) < 4.78 is 0. The Balaban J connectivity index is 3.38. The predicted molar refractivity (Wildman–Crippen MR) is 31.9 cm³/mol. The lowest BCUT2D eigenvalue weighted by Gasteiger charge is -2.18. The molecule has 56 valence electrons. The summed E-state index contributed by atoms with van der Waals surface area (Å²) in [5, 5.41) is 26.3. The van der Waals surface area contributed by atoms with Crippen molar-refractivity contribution < 1.29 is 15.4 Å². The Morgan fingerprint density at radius 2 is 1.78 bits per heavy atom. The predicted octanol–water partition coefficient (Wildman–Crippen LogP) is -0.603. The second-order valence-corrected chi connectivity index (χ2v) is 2.20. The van der Waals surface area contributed by atoms with Gasteiger partial charge < -0.3 is 15.4 Å². The van der Waals surface area contributed by atoms with Crippen LogP contribution in [0.2, 0.25) is 0 Å². The standard InChI is InChI=1S/C5H13NO3/c1-4(2)6(9)3-5(7)8/h4-5,7-9H,3H2,1-2H3. The van der Waals surface area contributed by atoms with Gasteiger partial charge in [-0.3, -0.25) is 0 Å². The third kappa shape index (κ3) is 4.35. The van der Waals surface area contributed by atoms with Gasteiger partial charge in [-0.2, -0.15) is 5.06 Å². The zero-order valence-electron chi connectivity index (χ0n) is 5.65. The molecule has 0 saturated heterocycles. The summed E-state index contributed by atoms with van der Waals surface area (Å²) in [6.07, 6.45) is -1.46. The summed E-state index contributed by atoms with van der Waals surface area (Å²) in [5.74, 6) is 0. The van der Waals surface area contributed by atoms with Crippen LogP contribution in [0.15, 0.2) is 0 Å². The minimum Gasteiger partial charge on any atom is -0.367 e. The molecule has 0 unspecified atom stereocenters. The normalized spacial score (nSPS) is 12.0. The zero-order valence-corrected chi connectivity index (χ0v) is 5.65. The molecule has 0 spiro atoms. The van der Waals surface area contributed by atoms with Gasteiger partial charge in [-0.05, 0) is 13.8 Å². The zero-order chi connectivity index (χ0) is 7.44. The van der Waals surface area contributed by atoms with Crippen LogP contribution in [0.4, 0.5) is 0 Å². The van der Waals surface area contributed by atoms with Crippen molar-refractivity contribution >= 4 is 0 Å². The molecule has 0 aliphatic carbocycles. The first-order chi connectivity index (χ1) is 4.04. The first-order valence-electron chi connectivity index (χ1n) is 2.85. The summed E-state index contributed by atoms with van der Waals surface area (Å²) in [5.41, 5.74) is 0. The largest absolute Gasteiger partial charge is 0.367 e. The van der Waals surface area contributed by atoms with Gasteiger partial charge >= 0.3 is 0 Å². The van der Waals surface area contributed by atoms with E-state index in [2.05, 4.69) is 0 Å². The molecule has 3 N–H and O–H groups in total. The van der Waals surface area contributed by atoms with E-state index in [4.69, 9.17) is 15.4 Å². The Bertz CT molecular complexity index is 74.6. The number of nitrogens with zero attached hydrogens (tertiary/aromatic N) is 1. The van der Waals surface area contributed by atoms with Crippen LogP contribution >= 0.6 is 0 Å². The van der Waals surface area contributed by atoms with Crippen LogP contribution in [-0.2, 0) is 0 Å².